The molecular formula is C16H22BrNO. The Balaban J connectivity index is 1.87. The molecule has 1 aromatic carbocycles. The SMILES string of the molecule is OCc1ccc(N2CCCC3CCCCC32)c(Br)c1. The lowest BCUT2D eigenvalue weighted by atomic mass is 9.78. The Kier molecular flexibility index (Phi) is 4.13. The molecule has 3 rings (SSSR count). The largest absolute Gasteiger partial charge is 0.392 e. The Morgan fingerprint density at radius 2 is 1.95 bits per heavy atom. The molecule has 1 saturated carbocycles. The normalized spacial score (nSPS) is 27.2. The summed E-state index contributed by atoms with van der Waals surface area (Å²) < 4.78 is 1.13. The molecule has 1 aliphatic heterocycles. The number of fused-ring (bicyclic) bond motifs is 1. The smallest absolute Gasteiger partial charge is 0.0682 e. The van der Waals surface area contributed by atoms with Gasteiger partial charge in [0.2, 0.25) is 0 Å². The zero-order valence-electron chi connectivity index (χ0n) is 11.3. The number of rotatable bonds is 2. The molecule has 0 amide bonds. The van der Waals surface area contributed by atoms with E-state index in [2.05, 4.69) is 33.0 Å². The molecular weight excluding hydrogens is 302 g/mol. The van der Waals surface area contributed by atoms with Gasteiger partial charge in [0, 0.05) is 17.1 Å². The molecule has 2 fully saturated rings. The van der Waals surface area contributed by atoms with Crippen LogP contribution in [-0.2, 0) is 6.61 Å². The maximum atomic E-state index is 9.22. The summed E-state index contributed by atoms with van der Waals surface area (Å²) in [5, 5.41) is 9.22. The second kappa shape index (κ2) is 5.84. The van der Waals surface area contributed by atoms with Crippen LogP contribution >= 0.6 is 15.9 Å². The third-order valence-electron chi connectivity index (χ3n) is 4.75. The van der Waals surface area contributed by atoms with Gasteiger partial charge in [-0.3, -0.25) is 0 Å². The summed E-state index contributed by atoms with van der Waals surface area (Å²) in [4.78, 5) is 2.61. The summed E-state index contributed by atoms with van der Waals surface area (Å²) in [5.41, 5.74) is 2.29. The molecule has 1 heterocycles. The topological polar surface area (TPSA) is 23.5 Å². The maximum Gasteiger partial charge on any atom is 0.0682 e. The van der Waals surface area contributed by atoms with Crippen molar-refractivity contribution in [2.45, 2.75) is 51.2 Å². The van der Waals surface area contributed by atoms with Gasteiger partial charge < -0.3 is 10.0 Å². The predicted octanol–water partition coefficient (Wildman–Crippen LogP) is 4.10. The van der Waals surface area contributed by atoms with Gasteiger partial charge in [-0.25, -0.2) is 0 Å². The van der Waals surface area contributed by atoms with Crippen LogP contribution in [0.5, 0.6) is 0 Å². The Hall–Kier alpha value is -0.540. The van der Waals surface area contributed by atoms with E-state index in [0.29, 0.717) is 0 Å². The van der Waals surface area contributed by atoms with Gasteiger partial charge in [-0.2, -0.15) is 0 Å². The first kappa shape index (κ1) is 13.4. The van der Waals surface area contributed by atoms with Crippen LogP contribution in [0.2, 0.25) is 0 Å². The highest BCUT2D eigenvalue weighted by Gasteiger charge is 2.33. The molecule has 0 aromatic heterocycles. The molecule has 2 atom stereocenters. The lowest BCUT2D eigenvalue weighted by molar-refractivity contribution is 0.243. The highest BCUT2D eigenvalue weighted by molar-refractivity contribution is 9.10. The van der Waals surface area contributed by atoms with Gasteiger partial charge in [0.1, 0.15) is 0 Å². The number of halogens is 1. The number of piperidine rings is 1. The van der Waals surface area contributed by atoms with E-state index in [4.69, 9.17) is 0 Å². The highest BCUT2D eigenvalue weighted by Crippen LogP contribution is 2.40. The summed E-state index contributed by atoms with van der Waals surface area (Å²) in [7, 11) is 0. The molecule has 0 bridgehead atoms. The second-order valence-corrected chi connectivity index (χ2v) is 6.75. The van der Waals surface area contributed by atoms with Crippen LogP contribution < -0.4 is 4.90 Å². The molecule has 104 valence electrons. The van der Waals surface area contributed by atoms with Gasteiger partial charge in [-0.15, -0.1) is 0 Å². The van der Waals surface area contributed by atoms with Gasteiger partial charge >= 0.3 is 0 Å². The molecule has 1 saturated heterocycles. The fourth-order valence-electron chi connectivity index (χ4n) is 3.81. The summed E-state index contributed by atoms with van der Waals surface area (Å²) in [6, 6.07) is 7.01. The molecule has 1 N–H and O–H groups in total. The van der Waals surface area contributed by atoms with Crippen molar-refractivity contribution in [1.82, 2.24) is 0 Å². The molecule has 2 aliphatic rings. The van der Waals surface area contributed by atoms with Crippen molar-refractivity contribution >= 4 is 21.6 Å². The van der Waals surface area contributed by atoms with Crippen molar-refractivity contribution < 1.29 is 5.11 Å². The second-order valence-electron chi connectivity index (χ2n) is 5.89. The third-order valence-corrected chi connectivity index (χ3v) is 5.38. The van der Waals surface area contributed by atoms with Crippen LogP contribution in [0.3, 0.4) is 0 Å². The van der Waals surface area contributed by atoms with Crippen LogP contribution in [0.15, 0.2) is 22.7 Å². The van der Waals surface area contributed by atoms with Crippen molar-refractivity contribution in [3.63, 3.8) is 0 Å². The average Bonchev–Trinajstić information content (AvgIpc) is 2.46. The van der Waals surface area contributed by atoms with E-state index in [1.165, 1.54) is 50.8 Å². The molecule has 1 aromatic rings. The minimum Gasteiger partial charge on any atom is -0.392 e. The van der Waals surface area contributed by atoms with Gasteiger partial charge in [0.05, 0.1) is 12.3 Å². The average molecular weight is 324 g/mol. The Morgan fingerprint density at radius 1 is 1.16 bits per heavy atom. The molecule has 2 nitrogen and oxygen atoms in total. The number of anilines is 1. The van der Waals surface area contributed by atoms with Crippen LogP contribution in [-0.4, -0.2) is 17.7 Å². The van der Waals surface area contributed by atoms with E-state index in [1.807, 2.05) is 6.07 Å². The predicted molar refractivity (Wildman–Crippen MR) is 82.4 cm³/mol. The Morgan fingerprint density at radius 3 is 2.74 bits per heavy atom. The van der Waals surface area contributed by atoms with Gasteiger partial charge in [0.25, 0.3) is 0 Å². The Bertz CT molecular complexity index is 446. The molecule has 1 aliphatic carbocycles. The van der Waals surface area contributed by atoms with Gasteiger partial charge in [0.15, 0.2) is 0 Å². The first-order valence-corrected chi connectivity index (χ1v) is 8.25. The summed E-state index contributed by atoms with van der Waals surface area (Å²) in [5.74, 6) is 0.895. The van der Waals surface area contributed by atoms with Crippen LogP contribution in [0.4, 0.5) is 5.69 Å². The number of hydrogen-bond donors (Lipinski definition) is 1. The number of aliphatic hydroxyl groups is 1. The molecule has 19 heavy (non-hydrogen) atoms. The number of benzene rings is 1. The fraction of sp³-hybridized carbons (Fsp3) is 0.625. The molecule has 2 unspecified atom stereocenters. The van der Waals surface area contributed by atoms with E-state index < -0.39 is 0 Å². The van der Waals surface area contributed by atoms with E-state index in [1.54, 1.807) is 0 Å². The van der Waals surface area contributed by atoms with Crippen molar-refractivity contribution in [3.8, 4) is 0 Å². The monoisotopic (exact) mass is 323 g/mol. The maximum absolute atomic E-state index is 9.22. The van der Waals surface area contributed by atoms with Gasteiger partial charge in [-0.1, -0.05) is 18.9 Å². The fourth-order valence-corrected chi connectivity index (χ4v) is 4.46. The standard InChI is InChI=1S/C16H22BrNO/c17-14-10-12(11-19)7-8-16(14)18-9-3-5-13-4-1-2-6-15(13)18/h7-8,10,13,15,19H,1-6,9,11H2. The number of aliphatic hydroxyl groups excluding tert-OH is 1. The van der Waals surface area contributed by atoms with Crippen molar-refractivity contribution in [1.29, 1.82) is 0 Å². The minimum absolute atomic E-state index is 0.116. The van der Waals surface area contributed by atoms with E-state index in [0.717, 1.165) is 22.0 Å². The zero-order chi connectivity index (χ0) is 13.2. The first-order chi connectivity index (χ1) is 9.29. The van der Waals surface area contributed by atoms with Crippen LogP contribution in [0.1, 0.15) is 44.1 Å². The first-order valence-electron chi connectivity index (χ1n) is 7.45. The summed E-state index contributed by atoms with van der Waals surface area (Å²) in [6.07, 6.45) is 8.28. The minimum atomic E-state index is 0.116. The number of hydrogen-bond acceptors (Lipinski definition) is 2. The highest BCUT2D eigenvalue weighted by atomic mass is 79.9. The van der Waals surface area contributed by atoms with Crippen molar-refractivity contribution in [2.24, 2.45) is 5.92 Å². The lowest BCUT2D eigenvalue weighted by Crippen LogP contribution is -2.47. The van der Waals surface area contributed by atoms with E-state index in [9.17, 15) is 5.11 Å². The summed E-state index contributed by atoms with van der Waals surface area (Å²) >= 11 is 3.69. The number of nitrogens with zero attached hydrogens (tertiary/aromatic N) is 1. The molecule has 0 spiro atoms. The molecule has 3 heteroatoms. The lowest BCUT2D eigenvalue weighted by Gasteiger charge is -2.45. The summed E-state index contributed by atoms with van der Waals surface area (Å²) in [6.45, 7) is 1.29. The van der Waals surface area contributed by atoms with Crippen LogP contribution in [0.25, 0.3) is 0 Å². The third kappa shape index (κ3) is 2.68. The van der Waals surface area contributed by atoms with E-state index >= 15 is 0 Å². The van der Waals surface area contributed by atoms with E-state index in [-0.39, 0.29) is 6.61 Å². The van der Waals surface area contributed by atoms with Gasteiger partial charge in [-0.05, 0) is 65.2 Å². The zero-order valence-corrected chi connectivity index (χ0v) is 12.9. The Labute approximate surface area is 123 Å². The quantitative estimate of drug-likeness (QED) is 0.885. The van der Waals surface area contributed by atoms with Crippen LogP contribution in [0, 0.1) is 5.92 Å². The van der Waals surface area contributed by atoms with Crippen molar-refractivity contribution in [3.05, 3.63) is 28.2 Å². The van der Waals surface area contributed by atoms with Crippen molar-refractivity contribution in [2.75, 3.05) is 11.4 Å². The molecule has 0 radical (unpaired) electrons.